The highest BCUT2D eigenvalue weighted by Gasteiger charge is 2.29. The third kappa shape index (κ3) is 4.01. The summed E-state index contributed by atoms with van der Waals surface area (Å²) in [6, 6.07) is 4.85. The summed E-state index contributed by atoms with van der Waals surface area (Å²) in [6.45, 7) is -0.0220. The summed E-state index contributed by atoms with van der Waals surface area (Å²) in [5, 5.41) is 10.4. The molecule has 112 valence electrons. The lowest BCUT2D eigenvalue weighted by Gasteiger charge is -2.26. The van der Waals surface area contributed by atoms with Gasteiger partial charge < -0.3 is 5.11 Å². The second kappa shape index (κ2) is 6.20. The number of benzene rings is 1. The maximum Gasteiger partial charge on any atom is 0.240 e. The van der Waals surface area contributed by atoms with Gasteiger partial charge in [-0.05, 0) is 31.0 Å². The molecule has 4 nitrogen and oxygen atoms in total. The minimum absolute atomic E-state index is 0.0220. The molecule has 1 fully saturated rings. The highest BCUT2D eigenvalue weighted by atomic mass is 32.2. The lowest BCUT2D eigenvalue weighted by atomic mass is 9.95. The molecule has 0 aliphatic heterocycles. The van der Waals surface area contributed by atoms with Crippen LogP contribution in [0.4, 0.5) is 4.39 Å². The first-order valence-corrected chi connectivity index (χ1v) is 8.37. The number of aliphatic hydroxyl groups is 1. The molecular weight excluding hydrogens is 281 g/mol. The van der Waals surface area contributed by atoms with Gasteiger partial charge in [0, 0.05) is 6.54 Å². The second-order valence-corrected chi connectivity index (χ2v) is 7.19. The third-order valence-electron chi connectivity index (χ3n) is 3.73. The van der Waals surface area contributed by atoms with Crippen molar-refractivity contribution in [1.29, 1.82) is 0 Å². The fraction of sp³-hybridized carbons (Fsp3) is 0.571. The molecule has 2 rings (SSSR count). The Balaban J connectivity index is 2.05. The summed E-state index contributed by atoms with van der Waals surface area (Å²) in [7, 11) is -3.78. The van der Waals surface area contributed by atoms with Crippen molar-refractivity contribution in [1.82, 2.24) is 4.72 Å². The Bertz CT molecular complexity index is 551. The molecule has 6 heteroatoms. The first-order chi connectivity index (χ1) is 9.41. The summed E-state index contributed by atoms with van der Waals surface area (Å²) in [6.07, 6.45) is 5.13. The number of hydrogen-bond acceptors (Lipinski definition) is 3. The van der Waals surface area contributed by atoms with E-state index in [1.54, 1.807) is 0 Å². The van der Waals surface area contributed by atoms with Crippen molar-refractivity contribution >= 4 is 10.0 Å². The monoisotopic (exact) mass is 301 g/mol. The molecule has 2 N–H and O–H groups in total. The van der Waals surface area contributed by atoms with E-state index < -0.39 is 21.4 Å². The molecular formula is C14H20FNO3S. The Labute approximate surface area is 119 Å². The molecule has 0 unspecified atom stereocenters. The van der Waals surface area contributed by atoms with Crippen molar-refractivity contribution in [3.05, 3.63) is 30.1 Å². The Kier molecular flexibility index (Phi) is 4.78. The largest absolute Gasteiger partial charge is 0.389 e. The Hall–Kier alpha value is -0.980. The van der Waals surface area contributed by atoms with Crippen LogP contribution in [-0.2, 0) is 10.0 Å². The van der Waals surface area contributed by atoms with Crippen molar-refractivity contribution in [3.8, 4) is 0 Å². The predicted molar refractivity (Wildman–Crippen MR) is 74.2 cm³/mol. The molecule has 0 atom stereocenters. The van der Waals surface area contributed by atoms with E-state index in [1.807, 2.05) is 0 Å². The highest BCUT2D eigenvalue weighted by molar-refractivity contribution is 7.89. The van der Waals surface area contributed by atoms with Crippen molar-refractivity contribution in [2.24, 2.45) is 0 Å². The van der Waals surface area contributed by atoms with E-state index in [4.69, 9.17) is 0 Å². The molecule has 0 amide bonds. The fourth-order valence-corrected chi connectivity index (χ4v) is 3.66. The standard InChI is InChI=1S/C14H20FNO3S/c15-12-6-5-7-13(10-12)20(18,19)16-11-14(17)8-3-1-2-4-9-14/h5-7,10,16-17H,1-4,8-9,11H2. The van der Waals surface area contributed by atoms with E-state index in [-0.39, 0.29) is 11.4 Å². The topological polar surface area (TPSA) is 66.4 Å². The van der Waals surface area contributed by atoms with Gasteiger partial charge in [0.25, 0.3) is 0 Å². The molecule has 0 radical (unpaired) electrons. The number of hydrogen-bond donors (Lipinski definition) is 2. The lowest BCUT2D eigenvalue weighted by molar-refractivity contribution is 0.0303. The average molecular weight is 301 g/mol. The zero-order valence-corrected chi connectivity index (χ0v) is 12.1. The van der Waals surface area contributed by atoms with Gasteiger partial charge in [-0.15, -0.1) is 0 Å². The molecule has 0 spiro atoms. The minimum Gasteiger partial charge on any atom is -0.389 e. The van der Waals surface area contributed by atoms with Crippen molar-refractivity contribution < 1.29 is 17.9 Å². The Morgan fingerprint density at radius 1 is 1.20 bits per heavy atom. The van der Waals surface area contributed by atoms with Gasteiger partial charge in [-0.3, -0.25) is 0 Å². The van der Waals surface area contributed by atoms with E-state index in [1.165, 1.54) is 18.2 Å². The van der Waals surface area contributed by atoms with Crippen molar-refractivity contribution in [3.63, 3.8) is 0 Å². The van der Waals surface area contributed by atoms with E-state index >= 15 is 0 Å². The summed E-state index contributed by atoms with van der Waals surface area (Å²) in [5.41, 5.74) is -0.989. The summed E-state index contributed by atoms with van der Waals surface area (Å²) in [5.74, 6) is -0.596. The maximum absolute atomic E-state index is 13.1. The first-order valence-electron chi connectivity index (χ1n) is 6.89. The zero-order chi connectivity index (χ0) is 14.6. The zero-order valence-electron chi connectivity index (χ0n) is 11.3. The summed E-state index contributed by atoms with van der Waals surface area (Å²) in [4.78, 5) is -0.116. The molecule has 1 aromatic carbocycles. The number of halogens is 1. The summed E-state index contributed by atoms with van der Waals surface area (Å²) < 4.78 is 39.6. The third-order valence-corrected chi connectivity index (χ3v) is 5.13. The number of nitrogens with one attached hydrogen (secondary N) is 1. The second-order valence-electron chi connectivity index (χ2n) is 5.42. The number of rotatable bonds is 4. The quantitative estimate of drug-likeness (QED) is 0.838. The van der Waals surface area contributed by atoms with Crippen LogP contribution in [0.2, 0.25) is 0 Å². The smallest absolute Gasteiger partial charge is 0.240 e. The molecule has 0 aromatic heterocycles. The minimum atomic E-state index is -3.78. The Morgan fingerprint density at radius 3 is 2.45 bits per heavy atom. The van der Waals surface area contributed by atoms with Crippen LogP contribution in [-0.4, -0.2) is 25.7 Å². The molecule has 20 heavy (non-hydrogen) atoms. The van der Waals surface area contributed by atoms with Gasteiger partial charge in [-0.25, -0.2) is 17.5 Å². The van der Waals surface area contributed by atoms with Crippen LogP contribution < -0.4 is 4.72 Å². The molecule has 1 aliphatic carbocycles. The first kappa shape index (κ1) is 15.4. The Morgan fingerprint density at radius 2 is 1.85 bits per heavy atom. The van der Waals surface area contributed by atoms with Crippen LogP contribution in [0.15, 0.2) is 29.2 Å². The van der Waals surface area contributed by atoms with Crippen LogP contribution in [0.5, 0.6) is 0 Å². The van der Waals surface area contributed by atoms with Gasteiger partial charge >= 0.3 is 0 Å². The van der Waals surface area contributed by atoms with Crippen LogP contribution in [0, 0.1) is 5.82 Å². The molecule has 0 bridgehead atoms. The van der Waals surface area contributed by atoms with Gasteiger partial charge in [0.2, 0.25) is 10.0 Å². The van der Waals surface area contributed by atoms with E-state index in [9.17, 15) is 17.9 Å². The van der Waals surface area contributed by atoms with Crippen LogP contribution >= 0.6 is 0 Å². The van der Waals surface area contributed by atoms with Gasteiger partial charge in [0.1, 0.15) is 5.82 Å². The molecule has 0 heterocycles. The molecule has 1 aliphatic rings. The SMILES string of the molecule is O=S(=O)(NCC1(O)CCCCCC1)c1cccc(F)c1. The van der Waals surface area contributed by atoms with Crippen LogP contribution in [0.3, 0.4) is 0 Å². The normalized spacial score (nSPS) is 19.5. The van der Waals surface area contributed by atoms with E-state index in [2.05, 4.69) is 4.72 Å². The highest BCUT2D eigenvalue weighted by Crippen LogP contribution is 2.26. The van der Waals surface area contributed by atoms with Crippen LogP contribution in [0.1, 0.15) is 38.5 Å². The van der Waals surface area contributed by atoms with Gasteiger partial charge in [0.05, 0.1) is 10.5 Å². The predicted octanol–water partition coefficient (Wildman–Crippen LogP) is 2.19. The van der Waals surface area contributed by atoms with Gasteiger partial charge in [-0.1, -0.05) is 31.7 Å². The summed E-state index contributed by atoms with van der Waals surface area (Å²) >= 11 is 0. The van der Waals surface area contributed by atoms with E-state index in [0.29, 0.717) is 12.8 Å². The van der Waals surface area contributed by atoms with Gasteiger partial charge in [-0.2, -0.15) is 0 Å². The molecule has 1 aromatic rings. The van der Waals surface area contributed by atoms with Crippen molar-refractivity contribution in [2.75, 3.05) is 6.54 Å². The van der Waals surface area contributed by atoms with E-state index in [0.717, 1.165) is 31.7 Å². The lowest BCUT2D eigenvalue weighted by Crippen LogP contribution is -2.42. The van der Waals surface area contributed by atoms with Crippen LogP contribution in [0.25, 0.3) is 0 Å². The average Bonchev–Trinajstić information content (AvgIpc) is 2.62. The molecule has 1 saturated carbocycles. The molecule has 0 saturated heterocycles. The number of sulfonamides is 1. The maximum atomic E-state index is 13.1. The van der Waals surface area contributed by atoms with Crippen molar-refractivity contribution in [2.45, 2.75) is 49.0 Å². The van der Waals surface area contributed by atoms with Gasteiger partial charge in [0.15, 0.2) is 0 Å². The fourth-order valence-electron chi connectivity index (χ4n) is 2.51.